The van der Waals surface area contributed by atoms with E-state index < -0.39 is 11.4 Å². The number of piperidine rings is 1. The van der Waals surface area contributed by atoms with Crippen LogP contribution in [0.3, 0.4) is 0 Å². The Hall–Kier alpha value is -1.00. The average molecular weight is 305 g/mol. The second-order valence-corrected chi connectivity index (χ2v) is 7.63. The van der Waals surface area contributed by atoms with Crippen molar-refractivity contribution in [1.82, 2.24) is 4.90 Å². The van der Waals surface area contributed by atoms with E-state index in [1.54, 1.807) is 0 Å². The quantitative estimate of drug-likeness (QED) is 0.927. The van der Waals surface area contributed by atoms with Crippen LogP contribution in [0.4, 0.5) is 0 Å². The number of thioether (sulfide) groups is 1. The zero-order valence-electron chi connectivity index (χ0n) is 12.5. The Bertz CT molecular complexity index is 498. The highest BCUT2D eigenvalue weighted by Gasteiger charge is 2.40. The van der Waals surface area contributed by atoms with Gasteiger partial charge in [0.05, 0.1) is 5.41 Å². The summed E-state index contributed by atoms with van der Waals surface area (Å²) in [6.45, 7) is 4.94. The number of hydrogen-bond donors (Lipinski definition) is 1. The summed E-state index contributed by atoms with van der Waals surface area (Å²) < 4.78 is 0. The SMILES string of the molecule is CCC1(C(=O)O)CCN(CC2Cc3ccccc3S2)CC1. The molecule has 1 aromatic carbocycles. The van der Waals surface area contributed by atoms with Gasteiger partial charge in [0.1, 0.15) is 0 Å². The van der Waals surface area contributed by atoms with Gasteiger partial charge in [-0.15, -0.1) is 11.8 Å². The molecule has 4 heteroatoms. The Morgan fingerprint density at radius 2 is 2.10 bits per heavy atom. The molecule has 2 heterocycles. The van der Waals surface area contributed by atoms with Crippen LogP contribution in [-0.2, 0) is 11.2 Å². The number of carbonyl (C=O) groups is 1. The molecule has 1 unspecified atom stereocenters. The third kappa shape index (κ3) is 2.97. The van der Waals surface area contributed by atoms with Crippen LogP contribution in [0.1, 0.15) is 31.7 Å². The fraction of sp³-hybridized carbons (Fsp3) is 0.588. The molecule has 1 atom stereocenters. The van der Waals surface area contributed by atoms with Crippen LogP contribution in [0.5, 0.6) is 0 Å². The molecule has 1 fully saturated rings. The number of carboxylic acids is 1. The van der Waals surface area contributed by atoms with Gasteiger partial charge in [0.2, 0.25) is 0 Å². The topological polar surface area (TPSA) is 40.5 Å². The van der Waals surface area contributed by atoms with Gasteiger partial charge in [0.25, 0.3) is 0 Å². The first-order valence-corrected chi connectivity index (χ1v) is 8.71. The summed E-state index contributed by atoms with van der Waals surface area (Å²) in [6.07, 6.45) is 3.49. The molecule has 0 aromatic heterocycles. The summed E-state index contributed by atoms with van der Waals surface area (Å²) in [4.78, 5) is 15.4. The second-order valence-electron chi connectivity index (χ2n) is 6.29. The van der Waals surface area contributed by atoms with E-state index in [9.17, 15) is 9.90 Å². The third-order valence-electron chi connectivity index (χ3n) is 5.12. The van der Waals surface area contributed by atoms with E-state index in [0.717, 1.165) is 45.3 Å². The van der Waals surface area contributed by atoms with Gasteiger partial charge < -0.3 is 10.0 Å². The largest absolute Gasteiger partial charge is 0.481 e. The Morgan fingerprint density at radius 3 is 2.71 bits per heavy atom. The number of nitrogens with zero attached hydrogens (tertiary/aromatic N) is 1. The van der Waals surface area contributed by atoms with Crippen LogP contribution in [-0.4, -0.2) is 40.9 Å². The fourth-order valence-electron chi connectivity index (χ4n) is 3.53. The number of fused-ring (bicyclic) bond motifs is 1. The van der Waals surface area contributed by atoms with Crippen LogP contribution < -0.4 is 0 Å². The summed E-state index contributed by atoms with van der Waals surface area (Å²) in [6, 6.07) is 8.66. The van der Waals surface area contributed by atoms with E-state index in [1.807, 2.05) is 18.7 Å². The van der Waals surface area contributed by atoms with Crippen molar-refractivity contribution in [3.8, 4) is 0 Å². The molecule has 1 N–H and O–H groups in total. The lowest BCUT2D eigenvalue weighted by molar-refractivity contribution is -0.152. The van der Waals surface area contributed by atoms with E-state index in [2.05, 4.69) is 29.2 Å². The van der Waals surface area contributed by atoms with Crippen LogP contribution >= 0.6 is 11.8 Å². The van der Waals surface area contributed by atoms with E-state index in [1.165, 1.54) is 10.5 Å². The first-order valence-electron chi connectivity index (χ1n) is 7.83. The minimum absolute atomic E-state index is 0.470. The van der Waals surface area contributed by atoms with Crippen molar-refractivity contribution in [3.63, 3.8) is 0 Å². The number of benzene rings is 1. The normalized spacial score (nSPS) is 24.7. The average Bonchev–Trinajstić information content (AvgIpc) is 2.90. The monoisotopic (exact) mass is 305 g/mol. The third-order valence-corrected chi connectivity index (χ3v) is 6.42. The highest BCUT2D eigenvalue weighted by molar-refractivity contribution is 8.00. The number of carboxylic acid groups (broad SMARTS) is 1. The zero-order chi connectivity index (χ0) is 14.9. The van der Waals surface area contributed by atoms with Crippen LogP contribution in [0.2, 0.25) is 0 Å². The summed E-state index contributed by atoms with van der Waals surface area (Å²) >= 11 is 1.98. The summed E-state index contributed by atoms with van der Waals surface area (Å²) in [5.74, 6) is -0.604. The number of rotatable bonds is 4. The highest BCUT2D eigenvalue weighted by atomic mass is 32.2. The molecule has 0 saturated carbocycles. The van der Waals surface area contributed by atoms with Crippen LogP contribution in [0.25, 0.3) is 0 Å². The Labute approximate surface area is 130 Å². The number of hydrogen-bond acceptors (Lipinski definition) is 3. The molecule has 0 aliphatic carbocycles. The maximum absolute atomic E-state index is 11.5. The standard InChI is InChI=1S/C17H23NO2S/c1-2-17(16(19)20)7-9-18(10-8-17)12-14-11-13-5-3-4-6-15(13)21-14/h3-6,14H,2,7-12H2,1H3,(H,19,20). The summed E-state index contributed by atoms with van der Waals surface area (Å²) in [5, 5.41) is 10.1. The van der Waals surface area contributed by atoms with Gasteiger partial charge in [-0.25, -0.2) is 0 Å². The summed E-state index contributed by atoms with van der Waals surface area (Å²) in [5.41, 5.74) is 1.00. The van der Waals surface area contributed by atoms with Gasteiger partial charge in [-0.3, -0.25) is 4.79 Å². The van der Waals surface area contributed by atoms with E-state index in [0.29, 0.717) is 5.25 Å². The molecular formula is C17H23NO2S. The van der Waals surface area contributed by atoms with Gasteiger partial charge >= 0.3 is 5.97 Å². The molecule has 3 nitrogen and oxygen atoms in total. The minimum Gasteiger partial charge on any atom is -0.481 e. The first-order chi connectivity index (χ1) is 10.1. The molecule has 0 bridgehead atoms. The Morgan fingerprint density at radius 1 is 1.38 bits per heavy atom. The molecule has 0 spiro atoms. The minimum atomic E-state index is -0.604. The van der Waals surface area contributed by atoms with Crippen LogP contribution in [0.15, 0.2) is 29.2 Å². The van der Waals surface area contributed by atoms with E-state index >= 15 is 0 Å². The van der Waals surface area contributed by atoms with Gasteiger partial charge in [0.15, 0.2) is 0 Å². The van der Waals surface area contributed by atoms with Crippen molar-refractivity contribution in [3.05, 3.63) is 29.8 Å². The van der Waals surface area contributed by atoms with E-state index in [4.69, 9.17) is 0 Å². The predicted octanol–water partition coefficient (Wildman–Crippen LogP) is 3.28. The molecule has 1 saturated heterocycles. The second kappa shape index (κ2) is 6.01. The lowest BCUT2D eigenvalue weighted by Gasteiger charge is -2.39. The first kappa shape index (κ1) is 14.9. The summed E-state index contributed by atoms with van der Waals surface area (Å²) in [7, 11) is 0. The molecule has 1 aromatic rings. The lowest BCUT2D eigenvalue weighted by Crippen LogP contribution is -2.45. The van der Waals surface area contributed by atoms with Crippen molar-refractivity contribution in [2.24, 2.45) is 5.41 Å². The van der Waals surface area contributed by atoms with Crippen molar-refractivity contribution in [1.29, 1.82) is 0 Å². The zero-order valence-corrected chi connectivity index (χ0v) is 13.4. The van der Waals surface area contributed by atoms with Crippen molar-refractivity contribution < 1.29 is 9.90 Å². The van der Waals surface area contributed by atoms with E-state index in [-0.39, 0.29) is 0 Å². The Kier molecular flexibility index (Phi) is 4.27. The van der Waals surface area contributed by atoms with Crippen molar-refractivity contribution in [2.75, 3.05) is 19.6 Å². The molecule has 3 rings (SSSR count). The van der Waals surface area contributed by atoms with Gasteiger partial charge in [-0.2, -0.15) is 0 Å². The number of aliphatic carboxylic acids is 1. The highest BCUT2D eigenvalue weighted by Crippen LogP contribution is 2.39. The maximum atomic E-state index is 11.5. The Balaban J connectivity index is 1.54. The number of likely N-dealkylation sites (tertiary alicyclic amines) is 1. The molecule has 21 heavy (non-hydrogen) atoms. The maximum Gasteiger partial charge on any atom is 0.309 e. The van der Waals surface area contributed by atoms with Crippen molar-refractivity contribution in [2.45, 2.75) is 42.8 Å². The molecule has 2 aliphatic rings. The van der Waals surface area contributed by atoms with Gasteiger partial charge in [-0.05, 0) is 50.4 Å². The van der Waals surface area contributed by atoms with Gasteiger partial charge in [-0.1, -0.05) is 25.1 Å². The van der Waals surface area contributed by atoms with Crippen LogP contribution in [0, 0.1) is 5.41 Å². The molecule has 114 valence electrons. The smallest absolute Gasteiger partial charge is 0.309 e. The molecule has 0 amide bonds. The van der Waals surface area contributed by atoms with Crippen molar-refractivity contribution >= 4 is 17.7 Å². The predicted molar refractivity (Wildman–Crippen MR) is 85.8 cm³/mol. The lowest BCUT2D eigenvalue weighted by atomic mass is 9.76. The van der Waals surface area contributed by atoms with Gasteiger partial charge in [0, 0.05) is 16.7 Å². The molecular weight excluding hydrogens is 282 g/mol. The molecule has 2 aliphatic heterocycles. The fourth-order valence-corrected chi connectivity index (χ4v) is 4.89. The molecule has 0 radical (unpaired) electrons.